The van der Waals surface area contributed by atoms with Gasteiger partial charge in [-0.25, -0.2) is 4.79 Å². The molecule has 8 heteroatoms. The standard InChI is InChI=1S/C19H32N4O4/c1-8-26-16-13-14(9-10-15(16)25-7)22-17(20-5)21-11-12-23(6)18(24)27-19(2,3)4/h9-10,13H,8,11-12H2,1-7H3,(H2,20,21,22). The summed E-state index contributed by atoms with van der Waals surface area (Å²) in [5, 5.41) is 6.35. The van der Waals surface area contributed by atoms with Gasteiger partial charge in [0.15, 0.2) is 17.5 Å². The largest absolute Gasteiger partial charge is 0.493 e. The van der Waals surface area contributed by atoms with Gasteiger partial charge in [0, 0.05) is 38.9 Å². The van der Waals surface area contributed by atoms with Crippen LogP contribution in [0.2, 0.25) is 0 Å². The van der Waals surface area contributed by atoms with Crippen molar-refractivity contribution in [1.29, 1.82) is 0 Å². The van der Waals surface area contributed by atoms with Crippen LogP contribution in [0.25, 0.3) is 0 Å². The molecule has 0 aliphatic heterocycles. The highest BCUT2D eigenvalue weighted by Crippen LogP contribution is 2.30. The molecule has 152 valence electrons. The number of hydrogen-bond acceptors (Lipinski definition) is 5. The second-order valence-electron chi connectivity index (χ2n) is 6.82. The number of nitrogens with zero attached hydrogens (tertiary/aromatic N) is 2. The van der Waals surface area contributed by atoms with Crippen molar-refractivity contribution in [2.45, 2.75) is 33.3 Å². The van der Waals surface area contributed by atoms with Gasteiger partial charge >= 0.3 is 6.09 Å². The Morgan fingerprint density at radius 1 is 1.26 bits per heavy atom. The first-order valence-corrected chi connectivity index (χ1v) is 8.92. The maximum atomic E-state index is 12.0. The van der Waals surface area contributed by atoms with Gasteiger partial charge in [-0.3, -0.25) is 4.99 Å². The van der Waals surface area contributed by atoms with Gasteiger partial charge in [-0.05, 0) is 39.8 Å². The third-order valence-corrected chi connectivity index (χ3v) is 3.39. The number of methoxy groups -OCH3 is 1. The third kappa shape index (κ3) is 8.06. The predicted octanol–water partition coefficient (Wildman–Crippen LogP) is 2.95. The monoisotopic (exact) mass is 380 g/mol. The Kier molecular flexibility index (Phi) is 8.71. The van der Waals surface area contributed by atoms with Crippen molar-refractivity contribution >= 4 is 17.7 Å². The number of aliphatic imine (C=N–C) groups is 1. The van der Waals surface area contributed by atoms with Crippen molar-refractivity contribution in [3.05, 3.63) is 18.2 Å². The van der Waals surface area contributed by atoms with E-state index in [1.54, 1.807) is 21.2 Å². The molecule has 0 bridgehead atoms. The number of hydrogen-bond donors (Lipinski definition) is 2. The number of nitrogens with one attached hydrogen (secondary N) is 2. The Hall–Kier alpha value is -2.64. The van der Waals surface area contributed by atoms with Crippen molar-refractivity contribution < 1.29 is 19.0 Å². The summed E-state index contributed by atoms with van der Waals surface area (Å²) in [5.41, 5.74) is 0.302. The van der Waals surface area contributed by atoms with Gasteiger partial charge in [0.05, 0.1) is 13.7 Å². The van der Waals surface area contributed by atoms with Crippen LogP contribution in [-0.4, -0.2) is 63.5 Å². The topological polar surface area (TPSA) is 84.4 Å². The minimum atomic E-state index is -0.511. The molecule has 1 amide bonds. The molecule has 0 saturated heterocycles. The average molecular weight is 380 g/mol. The van der Waals surface area contributed by atoms with E-state index < -0.39 is 5.60 Å². The highest BCUT2D eigenvalue weighted by atomic mass is 16.6. The summed E-state index contributed by atoms with van der Waals surface area (Å²) in [6.07, 6.45) is -0.358. The van der Waals surface area contributed by atoms with E-state index in [9.17, 15) is 4.79 Å². The molecule has 0 aromatic heterocycles. The van der Waals surface area contributed by atoms with Gasteiger partial charge in [0.1, 0.15) is 5.60 Å². The fourth-order valence-electron chi connectivity index (χ4n) is 2.11. The quantitative estimate of drug-likeness (QED) is 0.559. The lowest BCUT2D eigenvalue weighted by molar-refractivity contribution is 0.0302. The number of benzene rings is 1. The summed E-state index contributed by atoms with van der Waals surface area (Å²) in [6, 6.07) is 5.56. The highest BCUT2D eigenvalue weighted by molar-refractivity contribution is 5.93. The molecule has 0 unspecified atom stereocenters. The van der Waals surface area contributed by atoms with Crippen molar-refractivity contribution in [3.8, 4) is 11.5 Å². The second-order valence-corrected chi connectivity index (χ2v) is 6.82. The van der Waals surface area contributed by atoms with Crippen LogP contribution in [0.3, 0.4) is 0 Å². The minimum absolute atomic E-state index is 0.358. The number of ether oxygens (including phenoxy) is 3. The van der Waals surface area contributed by atoms with Crippen molar-refractivity contribution in [2.75, 3.05) is 46.2 Å². The first-order chi connectivity index (χ1) is 12.7. The second kappa shape index (κ2) is 10.5. The number of likely N-dealkylation sites (N-methyl/N-ethyl adjacent to an activating group) is 1. The van der Waals surface area contributed by atoms with Crippen molar-refractivity contribution in [2.24, 2.45) is 4.99 Å². The molecule has 2 N–H and O–H groups in total. The molecular weight excluding hydrogens is 348 g/mol. The summed E-state index contributed by atoms with van der Waals surface area (Å²) < 4.78 is 16.2. The van der Waals surface area contributed by atoms with Gasteiger partial charge in [0.2, 0.25) is 0 Å². The number of carbonyl (C=O) groups is 1. The van der Waals surface area contributed by atoms with Crippen molar-refractivity contribution in [3.63, 3.8) is 0 Å². The lowest BCUT2D eigenvalue weighted by Gasteiger charge is -2.25. The maximum absolute atomic E-state index is 12.0. The SMILES string of the molecule is CCOc1cc(NC(=NC)NCCN(C)C(=O)OC(C)(C)C)ccc1OC. The van der Waals surface area contributed by atoms with Gasteiger partial charge in [0.25, 0.3) is 0 Å². The molecule has 0 aliphatic carbocycles. The molecule has 0 spiro atoms. The molecule has 1 aromatic carbocycles. The van der Waals surface area contributed by atoms with Gasteiger partial charge in [-0.2, -0.15) is 0 Å². The molecule has 0 fully saturated rings. The zero-order valence-corrected chi connectivity index (χ0v) is 17.4. The number of guanidine groups is 1. The Morgan fingerprint density at radius 2 is 1.96 bits per heavy atom. The summed E-state index contributed by atoms with van der Waals surface area (Å²) in [4.78, 5) is 17.7. The van der Waals surface area contributed by atoms with E-state index >= 15 is 0 Å². The van der Waals surface area contributed by atoms with Crippen LogP contribution >= 0.6 is 0 Å². The molecule has 0 aliphatic rings. The predicted molar refractivity (Wildman–Crippen MR) is 108 cm³/mol. The highest BCUT2D eigenvalue weighted by Gasteiger charge is 2.19. The summed E-state index contributed by atoms with van der Waals surface area (Å²) in [7, 11) is 4.98. The first-order valence-electron chi connectivity index (χ1n) is 8.92. The molecule has 27 heavy (non-hydrogen) atoms. The zero-order valence-electron chi connectivity index (χ0n) is 17.4. The van der Waals surface area contributed by atoms with Crippen LogP contribution in [0.5, 0.6) is 11.5 Å². The smallest absolute Gasteiger partial charge is 0.410 e. The van der Waals surface area contributed by atoms with Crippen LogP contribution < -0.4 is 20.1 Å². The maximum Gasteiger partial charge on any atom is 0.410 e. The lowest BCUT2D eigenvalue weighted by atomic mass is 10.2. The third-order valence-electron chi connectivity index (χ3n) is 3.39. The summed E-state index contributed by atoms with van der Waals surface area (Å²) in [6.45, 7) is 8.98. The van der Waals surface area contributed by atoms with E-state index in [1.807, 2.05) is 45.9 Å². The van der Waals surface area contributed by atoms with Crippen molar-refractivity contribution in [1.82, 2.24) is 10.2 Å². The van der Waals surface area contributed by atoms with E-state index in [0.29, 0.717) is 37.2 Å². The molecule has 8 nitrogen and oxygen atoms in total. The summed E-state index contributed by atoms with van der Waals surface area (Å²) >= 11 is 0. The van der Waals surface area contributed by atoms with E-state index in [1.165, 1.54) is 4.90 Å². The molecule has 0 radical (unpaired) electrons. The fourth-order valence-corrected chi connectivity index (χ4v) is 2.11. The van der Waals surface area contributed by atoms with Crippen LogP contribution in [-0.2, 0) is 4.74 Å². The number of rotatable bonds is 7. The van der Waals surface area contributed by atoms with Crippen LogP contribution in [0.15, 0.2) is 23.2 Å². The van der Waals surface area contributed by atoms with Crippen LogP contribution in [0.1, 0.15) is 27.7 Å². The van der Waals surface area contributed by atoms with Gasteiger partial charge in [-0.1, -0.05) is 0 Å². The normalized spacial score (nSPS) is 11.6. The Bertz CT molecular complexity index is 641. The molecular formula is C19H32N4O4. The Morgan fingerprint density at radius 3 is 2.52 bits per heavy atom. The van der Waals surface area contributed by atoms with Gasteiger partial charge in [-0.15, -0.1) is 0 Å². The Labute approximate surface area is 161 Å². The first kappa shape index (κ1) is 22.4. The fraction of sp³-hybridized carbons (Fsp3) is 0.579. The number of amides is 1. The lowest BCUT2D eigenvalue weighted by Crippen LogP contribution is -2.40. The number of carbonyl (C=O) groups excluding carboxylic acids is 1. The van der Waals surface area contributed by atoms with Crippen LogP contribution in [0.4, 0.5) is 10.5 Å². The van der Waals surface area contributed by atoms with E-state index in [-0.39, 0.29) is 6.09 Å². The molecule has 1 aromatic rings. The average Bonchev–Trinajstić information content (AvgIpc) is 2.59. The minimum Gasteiger partial charge on any atom is -0.493 e. The molecule has 0 atom stereocenters. The molecule has 0 saturated carbocycles. The summed E-state index contributed by atoms with van der Waals surface area (Å²) in [5.74, 6) is 1.91. The Balaban J connectivity index is 2.58. The van der Waals surface area contributed by atoms with E-state index in [0.717, 1.165) is 5.69 Å². The molecule has 0 heterocycles. The van der Waals surface area contributed by atoms with E-state index in [2.05, 4.69) is 15.6 Å². The number of anilines is 1. The zero-order chi connectivity index (χ0) is 20.4. The molecule has 1 rings (SSSR count). The van der Waals surface area contributed by atoms with E-state index in [4.69, 9.17) is 14.2 Å². The van der Waals surface area contributed by atoms with Gasteiger partial charge < -0.3 is 29.7 Å². The van der Waals surface area contributed by atoms with Crippen LogP contribution in [0, 0.1) is 0 Å².